The second kappa shape index (κ2) is 5.46. The van der Waals surface area contributed by atoms with Gasteiger partial charge in [0.25, 0.3) is 0 Å². The summed E-state index contributed by atoms with van der Waals surface area (Å²) in [7, 11) is -1.18. The van der Waals surface area contributed by atoms with Crippen molar-refractivity contribution in [1.29, 1.82) is 0 Å². The second-order valence-electron chi connectivity index (χ2n) is 4.42. The van der Waals surface area contributed by atoms with Crippen LogP contribution in [0.5, 0.6) is 0 Å². The van der Waals surface area contributed by atoms with Gasteiger partial charge in [0.15, 0.2) is 0 Å². The lowest BCUT2D eigenvalue weighted by Crippen LogP contribution is -2.32. The van der Waals surface area contributed by atoms with Crippen LogP contribution in [0.4, 0.5) is 0 Å². The molecule has 1 nitrogen and oxygen atoms in total. The van der Waals surface area contributed by atoms with Crippen molar-refractivity contribution >= 4 is 8.07 Å². The van der Waals surface area contributed by atoms with Crippen molar-refractivity contribution in [3.8, 4) is 11.5 Å². The Bertz CT molecular complexity index is 190. The molecule has 0 amide bonds. The van der Waals surface area contributed by atoms with Crippen LogP contribution >= 0.6 is 0 Å². The molecule has 0 rings (SSSR count). The largest absolute Gasteiger partial charge is 0.291 e. The Morgan fingerprint density at radius 1 is 1.15 bits per heavy atom. The zero-order chi connectivity index (χ0) is 10.5. The fourth-order valence-corrected chi connectivity index (χ4v) is 1.83. The first kappa shape index (κ1) is 12.7. The molecular formula is C11H23NSi. The summed E-state index contributed by atoms with van der Waals surface area (Å²) in [6, 6.07) is 0.418. The number of hydrogen-bond acceptors (Lipinski definition) is 1. The summed E-state index contributed by atoms with van der Waals surface area (Å²) in [5.41, 5.74) is 3.42. The van der Waals surface area contributed by atoms with E-state index in [0.29, 0.717) is 6.04 Å². The van der Waals surface area contributed by atoms with Crippen LogP contribution in [-0.2, 0) is 0 Å². The van der Waals surface area contributed by atoms with Crippen LogP contribution < -0.4 is 0 Å². The maximum Gasteiger partial charge on any atom is 0.129 e. The molecule has 0 radical (unpaired) electrons. The molecule has 0 N–H and O–H groups in total. The molecule has 0 aliphatic heterocycles. The van der Waals surface area contributed by atoms with Gasteiger partial charge in [-0.05, 0) is 20.0 Å². The van der Waals surface area contributed by atoms with E-state index in [1.54, 1.807) is 0 Å². The van der Waals surface area contributed by atoms with E-state index in [-0.39, 0.29) is 0 Å². The minimum Gasteiger partial charge on any atom is -0.291 e. The standard InChI is InChI=1S/C11H23NSi/c1-7-12(8-2)11(3)9-10-13(4,5)6/h11H,7-8H2,1-6H3. The molecule has 2 heteroatoms. The van der Waals surface area contributed by atoms with Crippen LogP contribution in [0, 0.1) is 11.5 Å². The Morgan fingerprint density at radius 3 is 1.92 bits per heavy atom. The van der Waals surface area contributed by atoms with Gasteiger partial charge in [0.05, 0.1) is 6.04 Å². The van der Waals surface area contributed by atoms with Crippen molar-refractivity contribution in [3.63, 3.8) is 0 Å². The smallest absolute Gasteiger partial charge is 0.129 e. The molecular weight excluding hydrogens is 174 g/mol. The van der Waals surface area contributed by atoms with Gasteiger partial charge in [0, 0.05) is 0 Å². The Morgan fingerprint density at radius 2 is 1.62 bits per heavy atom. The molecule has 0 saturated carbocycles. The molecule has 1 atom stereocenters. The summed E-state index contributed by atoms with van der Waals surface area (Å²) in [5.74, 6) is 3.36. The molecule has 0 aromatic rings. The quantitative estimate of drug-likeness (QED) is 0.496. The van der Waals surface area contributed by atoms with Crippen molar-refractivity contribution < 1.29 is 0 Å². The third-order valence-electron chi connectivity index (χ3n) is 2.02. The first-order valence-electron chi connectivity index (χ1n) is 5.17. The van der Waals surface area contributed by atoms with E-state index in [1.165, 1.54) is 0 Å². The molecule has 0 aromatic heterocycles. The average molecular weight is 197 g/mol. The maximum atomic E-state index is 3.42. The van der Waals surface area contributed by atoms with Gasteiger partial charge in [-0.25, -0.2) is 0 Å². The monoisotopic (exact) mass is 197 g/mol. The summed E-state index contributed by atoms with van der Waals surface area (Å²) in [6.45, 7) is 15.6. The summed E-state index contributed by atoms with van der Waals surface area (Å²) in [5, 5.41) is 0. The first-order valence-corrected chi connectivity index (χ1v) is 8.67. The van der Waals surface area contributed by atoms with Gasteiger partial charge in [-0.15, -0.1) is 5.54 Å². The highest BCUT2D eigenvalue weighted by molar-refractivity contribution is 6.83. The van der Waals surface area contributed by atoms with Crippen LogP contribution in [0.25, 0.3) is 0 Å². The van der Waals surface area contributed by atoms with Crippen LogP contribution in [0.3, 0.4) is 0 Å². The highest BCUT2D eigenvalue weighted by Gasteiger charge is 2.10. The molecule has 1 unspecified atom stereocenters. The second-order valence-corrected chi connectivity index (χ2v) is 9.17. The molecule has 0 aromatic carbocycles. The molecule has 0 aliphatic carbocycles. The Labute approximate surface area is 84.5 Å². The van der Waals surface area contributed by atoms with E-state index in [1.807, 2.05) is 0 Å². The van der Waals surface area contributed by atoms with Crippen molar-refractivity contribution in [2.75, 3.05) is 13.1 Å². The van der Waals surface area contributed by atoms with E-state index < -0.39 is 8.07 Å². The number of hydrogen-bond donors (Lipinski definition) is 0. The molecule has 0 saturated heterocycles. The highest BCUT2D eigenvalue weighted by Crippen LogP contribution is 2.00. The van der Waals surface area contributed by atoms with Gasteiger partial charge in [-0.3, -0.25) is 4.90 Å². The van der Waals surface area contributed by atoms with Crippen molar-refractivity contribution in [3.05, 3.63) is 0 Å². The van der Waals surface area contributed by atoms with E-state index in [9.17, 15) is 0 Å². The molecule has 0 spiro atoms. The lowest BCUT2D eigenvalue weighted by atomic mass is 10.3. The van der Waals surface area contributed by atoms with Crippen molar-refractivity contribution in [2.45, 2.75) is 46.5 Å². The molecule has 0 bridgehead atoms. The molecule has 0 fully saturated rings. The topological polar surface area (TPSA) is 3.24 Å². The van der Waals surface area contributed by atoms with Gasteiger partial charge < -0.3 is 0 Å². The summed E-state index contributed by atoms with van der Waals surface area (Å²) < 4.78 is 0. The number of rotatable bonds is 3. The molecule has 76 valence electrons. The minimum atomic E-state index is -1.18. The summed E-state index contributed by atoms with van der Waals surface area (Å²) >= 11 is 0. The van der Waals surface area contributed by atoms with Crippen LogP contribution in [0.2, 0.25) is 19.6 Å². The molecule has 0 heterocycles. The fraction of sp³-hybridized carbons (Fsp3) is 0.818. The predicted molar refractivity (Wildman–Crippen MR) is 63.5 cm³/mol. The Kier molecular flexibility index (Phi) is 5.35. The van der Waals surface area contributed by atoms with E-state index in [2.05, 4.69) is 56.8 Å². The molecule has 13 heavy (non-hydrogen) atoms. The lowest BCUT2D eigenvalue weighted by Gasteiger charge is -2.22. The molecule has 0 aliphatic rings. The van der Waals surface area contributed by atoms with Gasteiger partial charge >= 0.3 is 0 Å². The van der Waals surface area contributed by atoms with Crippen LogP contribution in [0.15, 0.2) is 0 Å². The normalized spacial score (nSPS) is 13.8. The fourth-order valence-electron chi connectivity index (χ4n) is 1.18. The van der Waals surface area contributed by atoms with Crippen LogP contribution in [0.1, 0.15) is 20.8 Å². The zero-order valence-electron chi connectivity index (χ0n) is 9.94. The van der Waals surface area contributed by atoms with Gasteiger partial charge in [0.2, 0.25) is 0 Å². The van der Waals surface area contributed by atoms with Gasteiger partial charge in [-0.1, -0.05) is 39.4 Å². The highest BCUT2D eigenvalue weighted by atomic mass is 28.3. The Hall–Kier alpha value is -0.263. The summed E-state index contributed by atoms with van der Waals surface area (Å²) in [4.78, 5) is 2.38. The zero-order valence-corrected chi connectivity index (χ0v) is 10.9. The van der Waals surface area contributed by atoms with Crippen LogP contribution in [-0.4, -0.2) is 32.1 Å². The number of nitrogens with zero attached hydrogens (tertiary/aromatic N) is 1. The maximum absolute atomic E-state index is 3.42. The van der Waals surface area contributed by atoms with E-state index in [4.69, 9.17) is 0 Å². The summed E-state index contributed by atoms with van der Waals surface area (Å²) in [6.07, 6.45) is 0. The minimum absolute atomic E-state index is 0.418. The first-order chi connectivity index (χ1) is 5.90. The third-order valence-corrected chi connectivity index (χ3v) is 2.91. The SMILES string of the molecule is CCN(CC)C(C)C#C[Si](C)(C)C. The van der Waals surface area contributed by atoms with Gasteiger partial charge in [0.1, 0.15) is 8.07 Å². The third kappa shape index (κ3) is 5.90. The Balaban J connectivity index is 4.24. The predicted octanol–water partition coefficient (Wildman–Crippen LogP) is 2.60. The average Bonchev–Trinajstić information content (AvgIpc) is 2.02. The van der Waals surface area contributed by atoms with Crippen molar-refractivity contribution in [2.24, 2.45) is 0 Å². The van der Waals surface area contributed by atoms with E-state index in [0.717, 1.165) is 13.1 Å². The van der Waals surface area contributed by atoms with E-state index >= 15 is 0 Å². The van der Waals surface area contributed by atoms with Crippen molar-refractivity contribution in [1.82, 2.24) is 4.90 Å². The van der Waals surface area contributed by atoms with Gasteiger partial charge in [-0.2, -0.15) is 0 Å². The lowest BCUT2D eigenvalue weighted by molar-refractivity contribution is 0.275.